The number of sulfonamides is 1. The minimum Gasteiger partial charge on any atom is -0.317 e. The molecule has 0 radical (unpaired) electrons. The Hall–Kier alpha value is -0.490. The fourth-order valence-electron chi connectivity index (χ4n) is 1.51. The number of hydrogen-bond donors (Lipinski definition) is 2. The van der Waals surface area contributed by atoms with Crippen LogP contribution in [0.1, 0.15) is 19.8 Å². The van der Waals surface area contributed by atoms with Gasteiger partial charge in [0, 0.05) is 0 Å². The van der Waals surface area contributed by atoms with Crippen molar-refractivity contribution in [3.8, 4) is 0 Å². The van der Waals surface area contributed by atoms with Gasteiger partial charge in [0.05, 0.1) is 21.5 Å². The van der Waals surface area contributed by atoms with Crippen LogP contribution in [-0.4, -0.2) is 27.3 Å². The molecule has 1 aromatic carbocycles. The summed E-state index contributed by atoms with van der Waals surface area (Å²) in [6, 6.07) is 4.65. The molecule has 19 heavy (non-hydrogen) atoms. The second kappa shape index (κ2) is 7.94. The average Bonchev–Trinajstić information content (AvgIpc) is 2.33. The van der Waals surface area contributed by atoms with Crippen molar-refractivity contribution in [1.29, 1.82) is 0 Å². The summed E-state index contributed by atoms with van der Waals surface area (Å²) in [7, 11) is -3.33. The molecule has 0 aliphatic rings. The Morgan fingerprint density at radius 3 is 2.53 bits per heavy atom. The fraction of sp³-hybridized carbons (Fsp3) is 0.500. The van der Waals surface area contributed by atoms with Crippen molar-refractivity contribution in [3.05, 3.63) is 28.2 Å². The molecule has 0 amide bonds. The molecular weight excluding hydrogens is 307 g/mol. The zero-order chi connectivity index (χ0) is 14.3. The molecule has 0 heterocycles. The smallest absolute Gasteiger partial charge is 0.232 e. The van der Waals surface area contributed by atoms with Crippen molar-refractivity contribution in [3.63, 3.8) is 0 Å². The van der Waals surface area contributed by atoms with Crippen LogP contribution < -0.4 is 10.0 Å². The maximum atomic E-state index is 11.8. The zero-order valence-corrected chi connectivity index (χ0v) is 13.1. The first kappa shape index (κ1) is 16.6. The van der Waals surface area contributed by atoms with Gasteiger partial charge in [-0.2, -0.15) is 0 Å². The molecular formula is C12H18Cl2N2O2S. The van der Waals surface area contributed by atoms with Crippen molar-refractivity contribution < 1.29 is 8.42 Å². The molecule has 1 aromatic rings. The van der Waals surface area contributed by atoms with Gasteiger partial charge in [-0.3, -0.25) is 4.72 Å². The summed E-state index contributed by atoms with van der Waals surface area (Å²) in [5.41, 5.74) is 0.432. The highest BCUT2D eigenvalue weighted by atomic mass is 35.5. The van der Waals surface area contributed by atoms with Gasteiger partial charge in [-0.05, 0) is 44.1 Å². The van der Waals surface area contributed by atoms with E-state index in [9.17, 15) is 8.42 Å². The number of rotatable bonds is 8. The third-order valence-corrected chi connectivity index (χ3v) is 4.57. The summed E-state index contributed by atoms with van der Waals surface area (Å²) in [6.45, 7) is 3.75. The van der Waals surface area contributed by atoms with E-state index >= 15 is 0 Å². The van der Waals surface area contributed by atoms with Crippen LogP contribution in [0.3, 0.4) is 0 Å². The summed E-state index contributed by atoms with van der Waals surface area (Å²) in [5, 5.41) is 3.88. The molecule has 2 N–H and O–H groups in total. The van der Waals surface area contributed by atoms with Gasteiger partial charge in [0.25, 0.3) is 0 Å². The highest BCUT2D eigenvalue weighted by Gasteiger charge is 2.10. The quantitative estimate of drug-likeness (QED) is 0.722. The summed E-state index contributed by atoms with van der Waals surface area (Å²) in [4.78, 5) is 0. The van der Waals surface area contributed by atoms with Crippen LogP contribution in [-0.2, 0) is 10.0 Å². The van der Waals surface area contributed by atoms with Crippen LogP contribution in [0.15, 0.2) is 18.2 Å². The first-order valence-corrected chi connectivity index (χ1v) is 8.51. The highest BCUT2D eigenvalue weighted by molar-refractivity contribution is 7.92. The van der Waals surface area contributed by atoms with Crippen molar-refractivity contribution in [1.82, 2.24) is 5.32 Å². The van der Waals surface area contributed by atoms with Crippen molar-refractivity contribution in [2.75, 3.05) is 23.6 Å². The number of anilines is 1. The lowest BCUT2D eigenvalue weighted by Crippen LogP contribution is -2.19. The van der Waals surface area contributed by atoms with Gasteiger partial charge >= 0.3 is 0 Å². The Kier molecular flexibility index (Phi) is 6.93. The van der Waals surface area contributed by atoms with E-state index in [0.717, 1.165) is 19.5 Å². The first-order chi connectivity index (χ1) is 8.94. The molecule has 0 saturated heterocycles. The lowest BCUT2D eigenvalue weighted by atomic mass is 10.3. The first-order valence-electron chi connectivity index (χ1n) is 6.11. The molecule has 7 heteroatoms. The number of halogens is 2. The molecule has 0 aliphatic carbocycles. The Morgan fingerprint density at radius 2 is 1.89 bits per heavy atom. The Morgan fingerprint density at radius 1 is 1.16 bits per heavy atom. The van der Waals surface area contributed by atoms with E-state index in [0.29, 0.717) is 22.2 Å². The number of benzene rings is 1. The van der Waals surface area contributed by atoms with E-state index in [1.807, 2.05) is 6.92 Å². The fourth-order valence-corrected chi connectivity index (χ4v) is 2.98. The Bertz CT molecular complexity index is 506. The van der Waals surface area contributed by atoms with E-state index in [2.05, 4.69) is 10.0 Å². The van der Waals surface area contributed by atoms with Gasteiger partial charge in [0.2, 0.25) is 10.0 Å². The molecule has 108 valence electrons. The number of nitrogens with one attached hydrogen (secondary N) is 2. The largest absolute Gasteiger partial charge is 0.317 e. The van der Waals surface area contributed by atoms with E-state index < -0.39 is 10.0 Å². The second-order valence-corrected chi connectivity index (χ2v) is 6.77. The van der Waals surface area contributed by atoms with Crippen LogP contribution in [0.4, 0.5) is 5.69 Å². The maximum absolute atomic E-state index is 11.8. The summed E-state index contributed by atoms with van der Waals surface area (Å²) in [5.74, 6) is 0.0959. The second-order valence-electron chi connectivity index (χ2n) is 4.11. The molecule has 0 unspecified atom stereocenters. The lowest BCUT2D eigenvalue weighted by molar-refractivity contribution is 0.593. The third kappa shape index (κ3) is 6.47. The van der Waals surface area contributed by atoms with E-state index in [-0.39, 0.29) is 5.75 Å². The van der Waals surface area contributed by atoms with Crippen molar-refractivity contribution in [2.45, 2.75) is 19.8 Å². The van der Waals surface area contributed by atoms with Gasteiger partial charge in [-0.25, -0.2) is 8.42 Å². The van der Waals surface area contributed by atoms with E-state index in [1.165, 1.54) is 6.07 Å². The van der Waals surface area contributed by atoms with Gasteiger partial charge in [0.15, 0.2) is 0 Å². The van der Waals surface area contributed by atoms with Crippen molar-refractivity contribution >= 4 is 38.9 Å². The predicted octanol–water partition coefficient (Wildman–Crippen LogP) is 3.12. The summed E-state index contributed by atoms with van der Waals surface area (Å²) >= 11 is 11.6. The summed E-state index contributed by atoms with van der Waals surface area (Å²) in [6.07, 6.45) is 1.44. The molecule has 0 aromatic heterocycles. The highest BCUT2D eigenvalue weighted by Crippen LogP contribution is 2.25. The van der Waals surface area contributed by atoms with Crippen LogP contribution in [0.2, 0.25) is 10.0 Å². The minimum absolute atomic E-state index is 0.0959. The molecule has 1 rings (SSSR count). The minimum atomic E-state index is -3.33. The van der Waals surface area contributed by atoms with Crippen LogP contribution in [0.5, 0.6) is 0 Å². The van der Waals surface area contributed by atoms with Gasteiger partial charge < -0.3 is 5.32 Å². The molecule has 0 atom stereocenters. The molecule has 0 aliphatic heterocycles. The molecule has 0 saturated carbocycles. The Balaban J connectivity index is 2.47. The molecule has 0 bridgehead atoms. The number of unbranched alkanes of at least 4 members (excludes halogenated alkanes) is 1. The third-order valence-electron chi connectivity index (χ3n) is 2.46. The van der Waals surface area contributed by atoms with Crippen LogP contribution in [0.25, 0.3) is 0 Å². The SMILES string of the molecule is CCNCCCCS(=O)(=O)Nc1ccc(Cl)c(Cl)c1. The maximum Gasteiger partial charge on any atom is 0.232 e. The normalized spacial score (nSPS) is 11.5. The average molecular weight is 325 g/mol. The molecule has 4 nitrogen and oxygen atoms in total. The van der Waals surface area contributed by atoms with Gasteiger partial charge in [0.1, 0.15) is 0 Å². The van der Waals surface area contributed by atoms with Crippen LogP contribution >= 0.6 is 23.2 Å². The predicted molar refractivity (Wildman–Crippen MR) is 81.6 cm³/mol. The van der Waals surface area contributed by atoms with Crippen LogP contribution in [0, 0.1) is 0 Å². The van der Waals surface area contributed by atoms with E-state index in [4.69, 9.17) is 23.2 Å². The standard InChI is InChI=1S/C12H18Cl2N2O2S/c1-2-15-7-3-4-8-19(17,18)16-10-5-6-11(13)12(14)9-10/h5-6,9,15-16H,2-4,7-8H2,1H3. The molecule has 0 fully saturated rings. The van der Waals surface area contributed by atoms with Gasteiger partial charge in [-0.15, -0.1) is 0 Å². The lowest BCUT2D eigenvalue weighted by Gasteiger charge is -2.09. The van der Waals surface area contributed by atoms with Crippen molar-refractivity contribution in [2.24, 2.45) is 0 Å². The van der Waals surface area contributed by atoms with E-state index in [1.54, 1.807) is 12.1 Å². The topological polar surface area (TPSA) is 58.2 Å². The summed E-state index contributed by atoms with van der Waals surface area (Å²) < 4.78 is 26.1. The Labute approximate surface area is 124 Å². The van der Waals surface area contributed by atoms with Gasteiger partial charge in [-0.1, -0.05) is 30.1 Å². The zero-order valence-electron chi connectivity index (χ0n) is 10.7. The molecule has 0 spiro atoms. The number of hydrogen-bond acceptors (Lipinski definition) is 3. The monoisotopic (exact) mass is 324 g/mol.